The van der Waals surface area contributed by atoms with E-state index in [1.807, 2.05) is 0 Å². The topological polar surface area (TPSA) is 160 Å². The fourth-order valence-corrected chi connectivity index (χ4v) is 8.92. The number of nitrogens with one attached hydrogen (secondary N) is 1. The van der Waals surface area contributed by atoms with Gasteiger partial charge in [-0.1, -0.05) is 17.7 Å². The number of sulfonamides is 1. The number of nitrogens with zero attached hydrogens (tertiary/aromatic N) is 6. The number of hydrogen-bond acceptors (Lipinski definition) is 7. The second-order valence-electron chi connectivity index (χ2n) is 14.3. The zero-order valence-electron chi connectivity index (χ0n) is 30.0. The van der Waals surface area contributed by atoms with Gasteiger partial charge in [0.15, 0.2) is 5.82 Å². The van der Waals surface area contributed by atoms with E-state index in [4.69, 9.17) is 17.3 Å². The van der Waals surface area contributed by atoms with Crippen LogP contribution < -0.4 is 16.0 Å². The summed E-state index contributed by atoms with van der Waals surface area (Å²) in [6.45, 7) is 0. The van der Waals surface area contributed by atoms with Crippen LogP contribution in [0.25, 0.3) is 27.5 Å². The number of carbonyl (C=O) groups excluding carboxylic acids is 1. The maximum absolute atomic E-state index is 16.1. The molecule has 1 fully saturated rings. The van der Waals surface area contributed by atoms with Crippen molar-refractivity contribution in [2.45, 2.75) is 49.2 Å². The van der Waals surface area contributed by atoms with E-state index in [0.717, 1.165) is 47.3 Å². The minimum absolute atomic E-state index is 0.181. The van der Waals surface area contributed by atoms with Crippen molar-refractivity contribution in [1.29, 1.82) is 0 Å². The number of benzene rings is 3. The molecule has 59 heavy (non-hydrogen) atoms. The van der Waals surface area contributed by atoms with Gasteiger partial charge in [-0.05, 0) is 60.7 Å². The van der Waals surface area contributed by atoms with Gasteiger partial charge in [0.1, 0.15) is 34.9 Å². The Morgan fingerprint density at radius 3 is 2.36 bits per heavy atom. The summed E-state index contributed by atoms with van der Waals surface area (Å²) in [5.74, 6) is -13.4. The average molecular weight is 873 g/mol. The molecule has 1 saturated carbocycles. The third kappa shape index (κ3) is 6.55. The number of primary amides is 1. The first kappa shape index (κ1) is 40.2. The normalized spacial score (nSPS) is 18.3. The van der Waals surface area contributed by atoms with Gasteiger partial charge >= 0.3 is 6.18 Å². The van der Waals surface area contributed by atoms with Crippen molar-refractivity contribution in [3.63, 3.8) is 0 Å². The molecular formula is C36H26ClF9N8O4S. The Morgan fingerprint density at radius 1 is 1.07 bits per heavy atom. The molecule has 0 spiro atoms. The van der Waals surface area contributed by atoms with Crippen LogP contribution in [0.5, 0.6) is 0 Å². The molecule has 0 aliphatic heterocycles. The van der Waals surface area contributed by atoms with Gasteiger partial charge in [0.2, 0.25) is 15.9 Å². The number of anilines is 1. The molecule has 8 rings (SSSR count). The van der Waals surface area contributed by atoms with Crippen molar-refractivity contribution in [3.05, 3.63) is 109 Å². The van der Waals surface area contributed by atoms with Gasteiger partial charge in [-0.3, -0.25) is 23.6 Å². The van der Waals surface area contributed by atoms with E-state index in [9.17, 15) is 48.7 Å². The molecule has 2 aliphatic rings. The van der Waals surface area contributed by atoms with Crippen LogP contribution in [0, 0.1) is 17.6 Å². The first-order chi connectivity index (χ1) is 27.5. The van der Waals surface area contributed by atoms with Gasteiger partial charge in [0.05, 0.1) is 50.3 Å². The number of amides is 1. The molecule has 6 aromatic rings. The molecule has 0 bridgehead atoms. The Kier molecular flexibility index (Phi) is 9.15. The zero-order chi connectivity index (χ0) is 42.8. The average Bonchev–Trinajstić information content (AvgIpc) is 3.64. The maximum Gasteiger partial charge on any atom is 0.417 e. The summed E-state index contributed by atoms with van der Waals surface area (Å²) in [7, 11) is -2.82. The fraction of sp³-hybridized carbons (Fsp3) is 0.306. The highest BCUT2D eigenvalue weighted by Gasteiger charge is 2.68. The highest BCUT2D eigenvalue weighted by Crippen LogP contribution is 2.68. The Labute approximate surface area is 330 Å². The van der Waals surface area contributed by atoms with E-state index < -0.39 is 133 Å². The Balaban J connectivity index is 1.52. The van der Waals surface area contributed by atoms with Crippen molar-refractivity contribution in [2.24, 2.45) is 18.7 Å². The summed E-state index contributed by atoms with van der Waals surface area (Å²) in [4.78, 5) is 33.1. The van der Waals surface area contributed by atoms with Crippen LogP contribution in [0.4, 0.5) is 45.3 Å². The lowest BCUT2D eigenvalue weighted by Gasteiger charge is -2.30. The van der Waals surface area contributed by atoms with Crippen LogP contribution >= 0.6 is 11.6 Å². The minimum atomic E-state index is -5.18. The summed E-state index contributed by atoms with van der Waals surface area (Å²) in [6.07, 6.45) is -8.87. The van der Waals surface area contributed by atoms with Crippen molar-refractivity contribution in [3.8, 4) is 5.69 Å². The number of hydrogen-bond donors (Lipinski definition) is 2. The van der Waals surface area contributed by atoms with Crippen LogP contribution in [-0.4, -0.2) is 49.7 Å². The van der Waals surface area contributed by atoms with Gasteiger partial charge in [0, 0.05) is 24.6 Å². The Hall–Kier alpha value is -5.64. The van der Waals surface area contributed by atoms with E-state index in [1.54, 1.807) is 0 Å². The third-order valence-corrected chi connectivity index (χ3v) is 11.3. The van der Waals surface area contributed by atoms with E-state index >= 15 is 8.78 Å². The molecule has 0 saturated heterocycles. The summed E-state index contributed by atoms with van der Waals surface area (Å²) in [5, 5.41) is 6.48. The number of aromatic nitrogens is 6. The first-order valence-corrected chi connectivity index (χ1v) is 19.6. The molecule has 12 nitrogen and oxygen atoms in total. The van der Waals surface area contributed by atoms with Crippen molar-refractivity contribution >= 4 is 55.2 Å². The van der Waals surface area contributed by atoms with E-state index in [2.05, 4.69) is 19.9 Å². The molecule has 1 amide bonds. The second kappa shape index (κ2) is 13.4. The molecular weight excluding hydrogens is 847 g/mol. The number of nitrogens with two attached hydrogens (primary N) is 1. The highest BCUT2D eigenvalue weighted by molar-refractivity contribution is 7.92. The summed E-state index contributed by atoms with van der Waals surface area (Å²) < 4.78 is 163. The van der Waals surface area contributed by atoms with E-state index in [1.165, 1.54) is 7.05 Å². The quantitative estimate of drug-likeness (QED) is 0.140. The standard InChI is InChI=1S/C36H26ClF9N8O4S/c1-52-28-22(7-6-20(37)25(28)32(50-52)51-59(2,57)58)53-33(48-21-5-3-4-18(36(44,45)46)24(21)34(53)56)17(10-13-8-14(38)11-15(39)9-13)27(31(47)55)54-29-23(26(49-54)30(40)41)16-12-19(16)35(29,42)43/h3-9,11,16-17,19,27,30H,10,12H2,1-2H3,(H2,47,55)(H,50,51)/t16-,17-,19+,27?/m0/s1. The second-order valence-corrected chi connectivity index (χ2v) is 16.5. The predicted octanol–water partition coefficient (Wildman–Crippen LogP) is 6.99. The number of alkyl halides is 7. The molecule has 3 aromatic carbocycles. The van der Waals surface area contributed by atoms with Crippen molar-refractivity contribution in [1.82, 2.24) is 29.1 Å². The molecule has 23 heteroatoms. The van der Waals surface area contributed by atoms with E-state index in [-0.39, 0.29) is 32.6 Å². The number of halogens is 10. The molecule has 310 valence electrons. The fourth-order valence-electron chi connectivity index (χ4n) is 8.18. The largest absolute Gasteiger partial charge is 0.417 e. The number of carbonyl (C=O) groups is 1. The van der Waals surface area contributed by atoms with Gasteiger partial charge in [-0.15, -0.1) is 0 Å². The number of fused-ring (bicyclic) bond motifs is 5. The Morgan fingerprint density at radius 2 is 1.75 bits per heavy atom. The first-order valence-electron chi connectivity index (χ1n) is 17.3. The van der Waals surface area contributed by atoms with Crippen LogP contribution in [-0.2, 0) is 40.4 Å². The smallest absolute Gasteiger partial charge is 0.368 e. The van der Waals surface area contributed by atoms with Crippen LogP contribution in [0.2, 0.25) is 5.02 Å². The molecule has 2 aliphatic carbocycles. The van der Waals surface area contributed by atoms with Gasteiger partial charge < -0.3 is 5.73 Å². The lowest BCUT2D eigenvalue weighted by Crippen LogP contribution is -2.39. The highest BCUT2D eigenvalue weighted by atomic mass is 35.5. The molecule has 0 radical (unpaired) electrons. The molecule has 3 heterocycles. The van der Waals surface area contributed by atoms with Gasteiger partial charge in [-0.25, -0.2) is 35.6 Å². The summed E-state index contributed by atoms with van der Waals surface area (Å²) in [6, 6.07) is 4.38. The molecule has 3 aromatic heterocycles. The predicted molar refractivity (Wildman–Crippen MR) is 193 cm³/mol. The summed E-state index contributed by atoms with van der Waals surface area (Å²) >= 11 is 6.50. The number of aryl methyl sites for hydroxylation is 1. The summed E-state index contributed by atoms with van der Waals surface area (Å²) in [5.41, 5.74) is -1.42. The lowest BCUT2D eigenvalue weighted by molar-refractivity contribution is -0.136. The Bertz CT molecular complexity index is 2930. The monoisotopic (exact) mass is 872 g/mol. The molecule has 1 unspecified atom stereocenters. The van der Waals surface area contributed by atoms with Crippen molar-refractivity contribution in [2.75, 3.05) is 11.0 Å². The van der Waals surface area contributed by atoms with Crippen LogP contribution in [0.3, 0.4) is 0 Å². The van der Waals surface area contributed by atoms with Gasteiger partial charge in [-0.2, -0.15) is 32.1 Å². The zero-order valence-corrected chi connectivity index (χ0v) is 31.6. The minimum Gasteiger partial charge on any atom is -0.368 e. The lowest BCUT2D eigenvalue weighted by atomic mass is 9.89. The molecule has 4 atom stereocenters. The van der Waals surface area contributed by atoms with Crippen LogP contribution in [0.1, 0.15) is 64.6 Å². The third-order valence-electron chi connectivity index (χ3n) is 10.4. The van der Waals surface area contributed by atoms with Gasteiger partial charge in [0.25, 0.3) is 17.9 Å². The van der Waals surface area contributed by atoms with Crippen LogP contribution in [0.15, 0.2) is 53.3 Å². The number of rotatable bonds is 10. The van der Waals surface area contributed by atoms with E-state index in [0.29, 0.717) is 16.7 Å². The molecule has 3 N–H and O–H groups in total. The SMILES string of the molecule is Cn1nc(NS(C)(=O)=O)c2c(Cl)ccc(-n3c([C@@H](Cc4cc(F)cc(F)c4)C(C(N)=O)n4nc(C(F)F)c5c4C(F)(F)[C@@H]4C[C@H]54)nc4cccc(C(F)(F)F)c4c3=O)c21. The maximum atomic E-state index is 16.1. The van der Waals surface area contributed by atoms with Crippen molar-refractivity contribution < 1.29 is 52.7 Å².